The predicted octanol–water partition coefficient (Wildman–Crippen LogP) is 4.91. The van der Waals surface area contributed by atoms with Gasteiger partial charge in [0.2, 0.25) is 11.8 Å². The van der Waals surface area contributed by atoms with Crippen LogP contribution in [-0.4, -0.2) is 46.1 Å². The first-order valence-electron chi connectivity index (χ1n) is 13.7. The zero-order chi connectivity index (χ0) is 29.1. The van der Waals surface area contributed by atoms with Crippen LogP contribution in [0.1, 0.15) is 36.1 Å². The molecule has 5 rings (SSSR count). The van der Waals surface area contributed by atoms with E-state index in [1.165, 1.54) is 0 Å². The molecule has 4 aromatic rings. The van der Waals surface area contributed by atoms with Gasteiger partial charge < -0.3 is 21.3 Å². The number of fused-ring (bicyclic) bond motifs is 1. The molecule has 0 bridgehead atoms. The van der Waals surface area contributed by atoms with E-state index in [-0.39, 0.29) is 37.2 Å². The van der Waals surface area contributed by atoms with Gasteiger partial charge >= 0.3 is 0 Å². The fourth-order valence-electron chi connectivity index (χ4n) is 5.73. The number of benzene rings is 4. The Morgan fingerprint density at radius 1 is 0.976 bits per heavy atom. The molecule has 0 spiro atoms. The Kier molecular flexibility index (Phi) is 8.26. The Morgan fingerprint density at radius 3 is 2.41 bits per heavy atom. The monoisotopic (exact) mass is 568 g/mol. The second kappa shape index (κ2) is 12.0. The molecular formula is C33H33ClN4O3. The molecule has 1 saturated heterocycles. The van der Waals surface area contributed by atoms with Crippen LogP contribution in [-0.2, 0) is 27.2 Å². The summed E-state index contributed by atoms with van der Waals surface area (Å²) in [5, 5.41) is 2.50. The summed E-state index contributed by atoms with van der Waals surface area (Å²) in [6.45, 7) is 2.21. The highest BCUT2D eigenvalue weighted by molar-refractivity contribution is 6.30. The number of anilines is 1. The molecule has 41 heavy (non-hydrogen) atoms. The Balaban J connectivity index is 1.53. The smallest absolute Gasteiger partial charge is 0.250 e. The summed E-state index contributed by atoms with van der Waals surface area (Å²) in [5.74, 6) is -1.15. The van der Waals surface area contributed by atoms with E-state index in [0.29, 0.717) is 22.7 Å². The summed E-state index contributed by atoms with van der Waals surface area (Å²) in [4.78, 5) is 44.5. The summed E-state index contributed by atoms with van der Waals surface area (Å²) >= 11 is 6.36. The Labute approximate surface area is 244 Å². The maximum absolute atomic E-state index is 14.5. The van der Waals surface area contributed by atoms with E-state index in [0.717, 1.165) is 21.9 Å². The fourth-order valence-corrected chi connectivity index (χ4v) is 5.93. The quantitative estimate of drug-likeness (QED) is 0.309. The van der Waals surface area contributed by atoms with Crippen LogP contribution in [0.25, 0.3) is 10.8 Å². The van der Waals surface area contributed by atoms with Gasteiger partial charge in [0.15, 0.2) is 0 Å². The maximum atomic E-state index is 14.5. The van der Waals surface area contributed by atoms with Crippen molar-refractivity contribution < 1.29 is 14.4 Å². The lowest BCUT2D eigenvalue weighted by molar-refractivity contribution is -0.148. The van der Waals surface area contributed by atoms with Crippen molar-refractivity contribution in [2.45, 2.75) is 44.3 Å². The van der Waals surface area contributed by atoms with Crippen molar-refractivity contribution in [2.24, 2.45) is 5.73 Å². The lowest BCUT2D eigenvalue weighted by atomic mass is 9.96. The number of halogens is 1. The first-order valence-corrected chi connectivity index (χ1v) is 14.1. The number of nitrogens with zero attached hydrogens (tertiary/aromatic N) is 2. The lowest BCUT2D eigenvalue weighted by Gasteiger charge is -2.36. The molecule has 8 heteroatoms. The van der Waals surface area contributed by atoms with Gasteiger partial charge in [0.25, 0.3) is 5.91 Å². The maximum Gasteiger partial charge on any atom is 0.250 e. The Hall–Kier alpha value is -4.36. The third-order valence-electron chi connectivity index (χ3n) is 7.84. The van der Waals surface area contributed by atoms with Crippen LogP contribution in [0.4, 0.5) is 5.69 Å². The number of nitrogens with two attached hydrogens (primary N) is 2. The first kappa shape index (κ1) is 28.2. The highest BCUT2D eigenvalue weighted by Crippen LogP contribution is 2.33. The van der Waals surface area contributed by atoms with E-state index < -0.39 is 18.0 Å². The van der Waals surface area contributed by atoms with E-state index in [4.69, 9.17) is 23.1 Å². The molecule has 1 aliphatic rings. The predicted molar refractivity (Wildman–Crippen MR) is 162 cm³/mol. The molecule has 210 valence electrons. The first-order chi connectivity index (χ1) is 19.7. The third kappa shape index (κ3) is 6.05. The molecule has 7 nitrogen and oxygen atoms in total. The topological polar surface area (TPSA) is 110 Å². The van der Waals surface area contributed by atoms with Crippen LogP contribution in [0.5, 0.6) is 0 Å². The summed E-state index contributed by atoms with van der Waals surface area (Å²) in [7, 11) is 0. The van der Waals surface area contributed by atoms with Gasteiger partial charge in [-0.3, -0.25) is 14.4 Å². The van der Waals surface area contributed by atoms with Crippen LogP contribution in [0.15, 0.2) is 91.0 Å². The fraction of sp³-hybridized carbons (Fsp3) is 0.242. The van der Waals surface area contributed by atoms with Crippen molar-refractivity contribution in [3.05, 3.63) is 113 Å². The number of carbonyl (C=O) groups excluding carboxylic acids is 3. The summed E-state index contributed by atoms with van der Waals surface area (Å²) in [6, 6.07) is 25.8. The minimum atomic E-state index is -0.971. The third-order valence-corrected chi connectivity index (χ3v) is 8.08. The van der Waals surface area contributed by atoms with E-state index in [9.17, 15) is 14.4 Å². The normalized spacial score (nSPS) is 18.2. The van der Waals surface area contributed by atoms with Gasteiger partial charge in [0.1, 0.15) is 12.1 Å². The van der Waals surface area contributed by atoms with Gasteiger partial charge in [-0.2, -0.15) is 0 Å². The van der Waals surface area contributed by atoms with Crippen molar-refractivity contribution in [1.82, 2.24) is 9.80 Å². The zero-order valence-electron chi connectivity index (χ0n) is 22.9. The average molecular weight is 569 g/mol. The number of amides is 3. The van der Waals surface area contributed by atoms with Gasteiger partial charge in [-0.15, -0.1) is 0 Å². The van der Waals surface area contributed by atoms with E-state index in [1.807, 2.05) is 61.5 Å². The van der Waals surface area contributed by atoms with Gasteiger partial charge in [-0.1, -0.05) is 78.3 Å². The summed E-state index contributed by atoms with van der Waals surface area (Å²) < 4.78 is 0. The van der Waals surface area contributed by atoms with Crippen molar-refractivity contribution in [3.63, 3.8) is 0 Å². The average Bonchev–Trinajstić information content (AvgIpc) is 3.08. The molecule has 3 unspecified atom stereocenters. The van der Waals surface area contributed by atoms with Crippen molar-refractivity contribution >= 4 is 45.8 Å². The minimum absolute atomic E-state index is 0.101. The highest BCUT2D eigenvalue weighted by atomic mass is 35.5. The molecular weight excluding hydrogens is 536 g/mol. The standard InChI is InChI=1S/C33H33ClN4O3/c1-21-16-17-37(29(32(36)40)20-24-8-4-7-23-6-2-3-11-28(23)24)33(41)31(25-9-5-10-26(34)19-25)38(21)30(39)18-22-12-14-27(35)15-13-22/h2-15,19,21,29,31H,16-18,20,35H2,1H3,(H2,36,40). The van der Waals surface area contributed by atoms with E-state index >= 15 is 0 Å². The SMILES string of the molecule is CC1CCN(C(Cc2cccc3ccccc23)C(N)=O)C(=O)C(c2cccc(Cl)c2)N1C(=O)Cc1ccc(N)cc1. The molecule has 0 aliphatic carbocycles. The van der Waals surface area contributed by atoms with Crippen LogP contribution >= 0.6 is 11.6 Å². The number of hydrogen-bond acceptors (Lipinski definition) is 4. The molecule has 3 amide bonds. The van der Waals surface area contributed by atoms with Crippen LogP contribution < -0.4 is 11.5 Å². The van der Waals surface area contributed by atoms with Crippen LogP contribution in [0, 0.1) is 0 Å². The second-order valence-corrected chi connectivity index (χ2v) is 11.0. The van der Waals surface area contributed by atoms with Gasteiger partial charge in [-0.25, -0.2) is 0 Å². The number of carbonyl (C=O) groups is 3. The lowest BCUT2D eigenvalue weighted by Crippen LogP contribution is -2.52. The molecule has 1 heterocycles. The van der Waals surface area contributed by atoms with Gasteiger partial charge in [-0.05, 0) is 65.1 Å². The molecule has 1 fully saturated rings. The summed E-state index contributed by atoms with van der Waals surface area (Å²) in [6.07, 6.45) is 0.846. The van der Waals surface area contributed by atoms with Gasteiger partial charge in [0.05, 0.1) is 6.42 Å². The number of nitrogen functional groups attached to an aromatic ring is 1. The molecule has 4 N–H and O–H groups in total. The van der Waals surface area contributed by atoms with Gasteiger partial charge in [0, 0.05) is 29.7 Å². The molecule has 0 radical (unpaired) electrons. The number of primary amides is 1. The number of rotatable bonds is 7. The van der Waals surface area contributed by atoms with E-state index in [2.05, 4.69) is 0 Å². The highest BCUT2D eigenvalue weighted by Gasteiger charge is 2.43. The molecule has 4 aromatic carbocycles. The Morgan fingerprint density at radius 2 is 1.68 bits per heavy atom. The van der Waals surface area contributed by atoms with Crippen LogP contribution in [0.3, 0.4) is 0 Å². The molecule has 1 aliphatic heterocycles. The summed E-state index contributed by atoms with van der Waals surface area (Å²) in [5.41, 5.74) is 14.7. The van der Waals surface area contributed by atoms with E-state index in [1.54, 1.807) is 46.2 Å². The van der Waals surface area contributed by atoms with Crippen LogP contribution in [0.2, 0.25) is 5.02 Å². The van der Waals surface area contributed by atoms with Crippen molar-refractivity contribution in [2.75, 3.05) is 12.3 Å². The molecule has 0 saturated carbocycles. The Bertz CT molecular complexity index is 1580. The van der Waals surface area contributed by atoms with Crippen molar-refractivity contribution in [1.29, 1.82) is 0 Å². The molecule has 0 aromatic heterocycles. The van der Waals surface area contributed by atoms with Crippen molar-refractivity contribution in [3.8, 4) is 0 Å². The number of hydrogen-bond donors (Lipinski definition) is 2. The molecule has 3 atom stereocenters. The zero-order valence-corrected chi connectivity index (χ0v) is 23.6. The largest absolute Gasteiger partial charge is 0.399 e. The minimum Gasteiger partial charge on any atom is -0.399 e. The second-order valence-electron chi connectivity index (χ2n) is 10.6.